The van der Waals surface area contributed by atoms with E-state index in [2.05, 4.69) is 0 Å². The summed E-state index contributed by atoms with van der Waals surface area (Å²) >= 11 is 5.81. The molecule has 1 rings (SSSR count). The number of hydrogen-bond acceptors (Lipinski definition) is 1. The average molecular weight is 252 g/mol. The molecule has 0 bridgehead atoms. The van der Waals surface area contributed by atoms with Crippen molar-refractivity contribution in [1.29, 1.82) is 0 Å². The third kappa shape index (κ3) is 4.02. The quantitative estimate of drug-likeness (QED) is 0.864. The molecule has 1 atom stereocenters. The molecule has 0 saturated carbocycles. The van der Waals surface area contributed by atoms with Crippen LogP contribution in [0.15, 0.2) is 18.2 Å². The number of hydrogen-bond donors (Lipinski definition) is 1. The molecule has 1 aromatic rings. The van der Waals surface area contributed by atoms with Gasteiger partial charge in [-0.2, -0.15) is 13.2 Å². The van der Waals surface area contributed by atoms with Gasteiger partial charge < -0.3 is 5.73 Å². The van der Waals surface area contributed by atoms with E-state index in [0.29, 0.717) is 10.6 Å². The molecular formula is C11H13ClF3N. The van der Waals surface area contributed by atoms with Crippen LogP contribution in [0.3, 0.4) is 0 Å². The Labute approximate surface area is 97.4 Å². The van der Waals surface area contributed by atoms with E-state index in [9.17, 15) is 13.2 Å². The molecule has 0 radical (unpaired) electrons. The Bertz CT molecular complexity index is 363. The molecule has 5 heteroatoms. The first-order chi connectivity index (χ1) is 7.29. The molecule has 1 nitrogen and oxygen atoms in total. The monoisotopic (exact) mass is 251 g/mol. The number of alkyl halides is 3. The largest absolute Gasteiger partial charge is 0.389 e. The Hall–Kier alpha value is -0.740. The lowest BCUT2D eigenvalue weighted by atomic mass is 10.0. The van der Waals surface area contributed by atoms with Crippen molar-refractivity contribution in [2.45, 2.75) is 32.0 Å². The van der Waals surface area contributed by atoms with Crippen molar-refractivity contribution in [2.75, 3.05) is 0 Å². The Morgan fingerprint density at radius 1 is 1.38 bits per heavy atom. The maximum Gasteiger partial charge on any atom is 0.389 e. The molecule has 0 aliphatic rings. The molecule has 0 amide bonds. The van der Waals surface area contributed by atoms with E-state index in [4.69, 9.17) is 17.3 Å². The number of nitrogens with two attached hydrogens (primary N) is 1. The molecule has 0 aliphatic heterocycles. The van der Waals surface area contributed by atoms with Crippen LogP contribution < -0.4 is 5.73 Å². The molecule has 0 saturated heterocycles. The molecule has 1 aromatic carbocycles. The zero-order valence-electron chi connectivity index (χ0n) is 8.81. The fourth-order valence-corrected chi connectivity index (χ4v) is 1.50. The minimum Gasteiger partial charge on any atom is -0.324 e. The van der Waals surface area contributed by atoms with Crippen LogP contribution in [0.1, 0.15) is 30.0 Å². The van der Waals surface area contributed by atoms with Crippen LogP contribution in [0.2, 0.25) is 5.02 Å². The second kappa shape index (κ2) is 5.06. The van der Waals surface area contributed by atoms with Crippen LogP contribution in [0.5, 0.6) is 0 Å². The summed E-state index contributed by atoms with van der Waals surface area (Å²) < 4.78 is 36.0. The molecule has 2 N–H and O–H groups in total. The van der Waals surface area contributed by atoms with Gasteiger partial charge in [-0.3, -0.25) is 0 Å². The van der Waals surface area contributed by atoms with Crippen molar-refractivity contribution in [3.05, 3.63) is 34.3 Å². The van der Waals surface area contributed by atoms with Crippen molar-refractivity contribution >= 4 is 11.6 Å². The van der Waals surface area contributed by atoms with E-state index in [0.717, 1.165) is 5.56 Å². The fraction of sp³-hybridized carbons (Fsp3) is 0.455. The van der Waals surface area contributed by atoms with E-state index in [1.807, 2.05) is 0 Å². The summed E-state index contributed by atoms with van der Waals surface area (Å²) in [4.78, 5) is 0. The van der Waals surface area contributed by atoms with Crippen LogP contribution in [-0.2, 0) is 0 Å². The topological polar surface area (TPSA) is 26.0 Å². The van der Waals surface area contributed by atoms with E-state index >= 15 is 0 Å². The van der Waals surface area contributed by atoms with Gasteiger partial charge in [0.2, 0.25) is 0 Å². The standard InChI is InChI=1S/C11H13ClF3N/c1-7-6-8(2-3-9(7)12)10(16)4-5-11(13,14)15/h2-3,6,10H,4-5,16H2,1H3/t10-/m1/s1. The molecular weight excluding hydrogens is 239 g/mol. The van der Waals surface area contributed by atoms with E-state index in [1.54, 1.807) is 25.1 Å². The van der Waals surface area contributed by atoms with Crippen molar-refractivity contribution in [3.8, 4) is 0 Å². The van der Waals surface area contributed by atoms with Gasteiger partial charge in [0.25, 0.3) is 0 Å². The van der Waals surface area contributed by atoms with Gasteiger partial charge in [0, 0.05) is 17.5 Å². The predicted molar refractivity (Wildman–Crippen MR) is 58.4 cm³/mol. The van der Waals surface area contributed by atoms with Crippen molar-refractivity contribution in [3.63, 3.8) is 0 Å². The first-order valence-electron chi connectivity index (χ1n) is 4.88. The summed E-state index contributed by atoms with van der Waals surface area (Å²) in [5.74, 6) is 0. The summed E-state index contributed by atoms with van der Waals surface area (Å²) in [7, 11) is 0. The number of rotatable bonds is 3. The molecule has 16 heavy (non-hydrogen) atoms. The predicted octanol–water partition coefficient (Wildman–Crippen LogP) is 3.99. The van der Waals surface area contributed by atoms with Crippen LogP contribution >= 0.6 is 11.6 Å². The number of aryl methyl sites for hydroxylation is 1. The maximum absolute atomic E-state index is 12.0. The summed E-state index contributed by atoms with van der Waals surface area (Å²) in [5, 5.41) is 0.590. The molecule has 0 aliphatic carbocycles. The highest BCUT2D eigenvalue weighted by atomic mass is 35.5. The number of halogens is 4. The summed E-state index contributed by atoms with van der Waals surface area (Å²) in [6.07, 6.45) is -5.13. The SMILES string of the molecule is Cc1cc([C@H](N)CCC(F)(F)F)ccc1Cl. The van der Waals surface area contributed by atoms with Gasteiger partial charge in [0.15, 0.2) is 0 Å². The number of benzene rings is 1. The Kier molecular flexibility index (Phi) is 4.21. The summed E-state index contributed by atoms with van der Waals surface area (Å²) in [6.45, 7) is 1.79. The third-order valence-corrected chi connectivity index (χ3v) is 2.77. The Morgan fingerprint density at radius 3 is 2.50 bits per heavy atom. The van der Waals surface area contributed by atoms with E-state index in [-0.39, 0.29) is 6.42 Å². The lowest BCUT2D eigenvalue weighted by Gasteiger charge is -2.14. The van der Waals surface area contributed by atoms with Gasteiger partial charge in [-0.05, 0) is 30.5 Å². The molecule has 0 heterocycles. The summed E-state index contributed by atoms with van der Waals surface area (Å²) in [6, 6.07) is 4.44. The van der Waals surface area contributed by atoms with Gasteiger partial charge in [-0.25, -0.2) is 0 Å². The van der Waals surface area contributed by atoms with Gasteiger partial charge >= 0.3 is 6.18 Å². The van der Waals surface area contributed by atoms with Crippen LogP contribution in [0, 0.1) is 6.92 Å². The highest BCUT2D eigenvalue weighted by Crippen LogP contribution is 2.27. The van der Waals surface area contributed by atoms with Crippen LogP contribution in [0.4, 0.5) is 13.2 Å². The molecule has 0 aromatic heterocycles. The zero-order valence-corrected chi connectivity index (χ0v) is 9.57. The highest BCUT2D eigenvalue weighted by molar-refractivity contribution is 6.31. The van der Waals surface area contributed by atoms with Gasteiger partial charge in [0.05, 0.1) is 0 Å². The van der Waals surface area contributed by atoms with Crippen molar-refractivity contribution in [1.82, 2.24) is 0 Å². The summed E-state index contributed by atoms with van der Waals surface area (Å²) in [5.41, 5.74) is 7.19. The van der Waals surface area contributed by atoms with Crippen LogP contribution in [-0.4, -0.2) is 6.18 Å². The Morgan fingerprint density at radius 2 is 2.00 bits per heavy atom. The molecule has 0 fully saturated rings. The smallest absolute Gasteiger partial charge is 0.324 e. The van der Waals surface area contributed by atoms with Crippen LogP contribution in [0.25, 0.3) is 0 Å². The zero-order chi connectivity index (χ0) is 12.3. The van der Waals surface area contributed by atoms with Crippen molar-refractivity contribution in [2.24, 2.45) is 5.73 Å². The second-order valence-electron chi connectivity index (χ2n) is 3.77. The lowest BCUT2D eigenvalue weighted by molar-refractivity contribution is -0.136. The highest BCUT2D eigenvalue weighted by Gasteiger charge is 2.27. The lowest BCUT2D eigenvalue weighted by Crippen LogP contribution is -2.15. The van der Waals surface area contributed by atoms with Gasteiger partial charge in [-0.15, -0.1) is 0 Å². The first kappa shape index (κ1) is 13.3. The molecule has 90 valence electrons. The minimum absolute atomic E-state index is 0.107. The van der Waals surface area contributed by atoms with Gasteiger partial charge in [0.1, 0.15) is 0 Å². The minimum atomic E-state index is -4.15. The van der Waals surface area contributed by atoms with Gasteiger partial charge in [-0.1, -0.05) is 23.7 Å². The fourth-order valence-electron chi connectivity index (χ4n) is 1.38. The normalized spacial score (nSPS) is 13.9. The first-order valence-corrected chi connectivity index (χ1v) is 5.26. The molecule has 0 spiro atoms. The second-order valence-corrected chi connectivity index (χ2v) is 4.18. The maximum atomic E-state index is 12.0. The molecule has 0 unspecified atom stereocenters. The van der Waals surface area contributed by atoms with Crippen molar-refractivity contribution < 1.29 is 13.2 Å². The van der Waals surface area contributed by atoms with E-state index < -0.39 is 18.6 Å². The average Bonchev–Trinajstić information content (AvgIpc) is 2.17. The Balaban J connectivity index is 2.66. The van der Waals surface area contributed by atoms with E-state index in [1.165, 1.54) is 0 Å². The third-order valence-electron chi connectivity index (χ3n) is 2.35.